The van der Waals surface area contributed by atoms with Gasteiger partial charge in [0.1, 0.15) is 11.5 Å². The van der Waals surface area contributed by atoms with E-state index in [0.717, 1.165) is 11.3 Å². The number of hydrogen-bond acceptors (Lipinski definition) is 4. The van der Waals surface area contributed by atoms with E-state index in [2.05, 4.69) is 10.6 Å². The molecule has 0 spiro atoms. The Balaban J connectivity index is 1.81. The van der Waals surface area contributed by atoms with Crippen LogP contribution in [0.15, 0.2) is 27.2 Å². The molecule has 0 saturated heterocycles. The van der Waals surface area contributed by atoms with Gasteiger partial charge in [0.2, 0.25) is 0 Å². The Morgan fingerprint density at radius 2 is 1.71 bits per heavy atom. The van der Waals surface area contributed by atoms with Crippen LogP contribution in [-0.4, -0.2) is 24.9 Å². The summed E-state index contributed by atoms with van der Waals surface area (Å²) in [7, 11) is 0. The summed E-state index contributed by atoms with van der Waals surface area (Å²) < 4.78 is 10.4. The lowest BCUT2D eigenvalue weighted by atomic mass is 10.1. The minimum Gasteiger partial charge on any atom is -0.466 e. The van der Waals surface area contributed by atoms with Crippen molar-refractivity contribution in [1.29, 1.82) is 0 Å². The summed E-state index contributed by atoms with van der Waals surface area (Å²) >= 11 is 0. The van der Waals surface area contributed by atoms with Crippen LogP contribution in [0.2, 0.25) is 0 Å². The van der Waals surface area contributed by atoms with E-state index in [1.165, 1.54) is 6.26 Å². The molecule has 6 heteroatoms. The van der Waals surface area contributed by atoms with Gasteiger partial charge >= 0.3 is 0 Å². The summed E-state index contributed by atoms with van der Waals surface area (Å²) in [5, 5.41) is 5.41. The van der Waals surface area contributed by atoms with E-state index in [-0.39, 0.29) is 17.6 Å². The molecule has 6 nitrogen and oxygen atoms in total. The zero-order chi connectivity index (χ0) is 15.4. The summed E-state index contributed by atoms with van der Waals surface area (Å²) in [5.74, 6) is 1.08. The lowest BCUT2D eigenvalue weighted by Gasteiger charge is -2.06. The van der Waals surface area contributed by atoms with Gasteiger partial charge in [-0.2, -0.15) is 0 Å². The molecule has 0 radical (unpaired) electrons. The van der Waals surface area contributed by atoms with Crippen molar-refractivity contribution in [2.24, 2.45) is 0 Å². The van der Waals surface area contributed by atoms with Gasteiger partial charge in [-0.1, -0.05) is 0 Å². The Morgan fingerprint density at radius 3 is 2.24 bits per heavy atom. The van der Waals surface area contributed by atoms with Crippen molar-refractivity contribution in [2.75, 3.05) is 13.1 Å². The molecule has 0 aromatic carbocycles. The molecule has 0 unspecified atom stereocenters. The second-order valence-electron chi connectivity index (χ2n) is 4.70. The molecule has 0 saturated carbocycles. The van der Waals surface area contributed by atoms with Crippen molar-refractivity contribution in [1.82, 2.24) is 10.6 Å². The van der Waals surface area contributed by atoms with E-state index in [1.807, 2.05) is 13.8 Å². The molecule has 0 atom stereocenters. The fraction of sp³-hybridized carbons (Fsp3) is 0.333. The van der Waals surface area contributed by atoms with Crippen LogP contribution in [0.4, 0.5) is 0 Å². The average molecular weight is 290 g/mol. The van der Waals surface area contributed by atoms with E-state index in [4.69, 9.17) is 8.83 Å². The third-order valence-corrected chi connectivity index (χ3v) is 3.23. The van der Waals surface area contributed by atoms with Gasteiger partial charge in [0.25, 0.3) is 11.8 Å². The average Bonchev–Trinajstić information content (AvgIpc) is 3.04. The second-order valence-corrected chi connectivity index (χ2v) is 4.70. The van der Waals surface area contributed by atoms with Crippen molar-refractivity contribution >= 4 is 11.8 Å². The van der Waals surface area contributed by atoms with Gasteiger partial charge in [0, 0.05) is 18.7 Å². The predicted octanol–water partition coefficient (Wildman–Crippen LogP) is 1.96. The van der Waals surface area contributed by atoms with Crippen LogP contribution in [0.1, 0.15) is 38.0 Å². The minimum absolute atomic E-state index is 0.200. The highest BCUT2D eigenvalue weighted by Gasteiger charge is 2.18. The molecule has 2 heterocycles. The van der Waals surface area contributed by atoms with Gasteiger partial charge < -0.3 is 19.5 Å². The van der Waals surface area contributed by atoms with Crippen LogP contribution in [0.25, 0.3) is 0 Å². The lowest BCUT2D eigenvalue weighted by Crippen LogP contribution is -2.34. The maximum Gasteiger partial charge on any atom is 0.287 e. The van der Waals surface area contributed by atoms with Crippen LogP contribution in [0.3, 0.4) is 0 Å². The van der Waals surface area contributed by atoms with Gasteiger partial charge in [-0.15, -0.1) is 0 Å². The minimum atomic E-state index is -0.305. The quantitative estimate of drug-likeness (QED) is 0.824. The molecule has 0 fully saturated rings. The first-order valence-electron chi connectivity index (χ1n) is 6.67. The Bertz CT molecular complexity index is 641. The van der Waals surface area contributed by atoms with Gasteiger partial charge in [0.05, 0.1) is 11.8 Å². The Kier molecular flexibility index (Phi) is 4.47. The maximum atomic E-state index is 12.1. The molecule has 2 rings (SSSR count). The largest absolute Gasteiger partial charge is 0.466 e. The summed E-state index contributed by atoms with van der Waals surface area (Å²) in [5.41, 5.74) is 1.40. The third kappa shape index (κ3) is 3.34. The highest BCUT2D eigenvalue weighted by atomic mass is 16.3. The molecule has 2 aromatic heterocycles. The topological polar surface area (TPSA) is 84.5 Å². The summed E-state index contributed by atoms with van der Waals surface area (Å²) in [6.07, 6.45) is 1.43. The molecule has 2 amide bonds. The normalized spacial score (nSPS) is 10.4. The van der Waals surface area contributed by atoms with E-state index in [9.17, 15) is 9.59 Å². The molecular weight excluding hydrogens is 272 g/mol. The Hall–Kier alpha value is -2.50. The van der Waals surface area contributed by atoms with Crippen LogP contribution in [0.5, 0.6) is 0 Å². The number of carbonyl (C=O) groups excluding carboxylic acids is 2. The highest BCUT2D eigenvalue weighted by molar-refractivity contribution is 5.97. The highest BCUT2D eigenvalue weighted by Crippen LogP contribution is 2.20. The first-order chi connectivity index (χ1) is 10.0. The third-order valence-electron chi connectivity index (χ3n) is 3.23. The fourth-order valence-corrected chi connectivity index (χ4v) is 2.06. The lowest BCUT2D eigenvalue weighted by molar-refractivity contribution is 0.0910. The van der Waals surface area contributed by atoms with Gasteiger partial charge in [0.15, 0.2) is 5.76 Å². The van der Waals surface area contributed by atoms with E-state index < -0.39 is 0 Å². The summed E-state index contributed by atoms with van der Waals surface area (Å²) in [6.45, 7) is 6.07. The molecule has 0 aliphatic carbocycles. The molecule has 112 valence electrons. The number of nitrogens with one attached hydrogen (secondary N) is 2. The molecule has 0 bridgehead atoms. The number of aryl methyl sites for hydroxylation is 2. The molecule has 2 N–H and O–H groups in total. The number of carbonyl (C=O) groups is 2. The maximum absolute atomic E-state index is 12.1. The fourth-order valence-electron chi connectivity index (χ4n) is 2.06. The number of hydrogen-bond donors (Lipinski definition) is 2. The van der Waals surface area contributed by atoms with Crippen molar-refractivity contribution < 1.29 is 18.4 Å². The zero-order valence-electron chi connectivity index (χ0n) is 12.3. The van der Waals surface area contributed by atoms with Crippen LogP contribution >= 0.6 is 0 Å². The molecule has 0 aliphatic rings. The first kappa shape index (κ1) is 14.9. The van der Waals surface area contributed by atoms with Crippen LogP contribution < -0.4 is 10.6 Å². The molecular formula is C15H18N2O4. The monoisotopic (exact) mass is 290 g/mol. The van der Waals surface area contributed by atoms with Gasteiger partial charge in [-0.3, -0.25) is 9.59 Å². The van der Waals surface area contributed by atoms with E-state index in [1.54, 1.807) is 19.1 Å². The number of furan rings is 2. The standard InChI is InChI=1S/C15H18N2O4/c1-9-10(2)21-11(3)13(9)15(19)17-7-6-16-14(18)12-5-4-8-20-12/h4-5,8H,6-7H2,1-3H3,(H,16,18)(H,17,19). The molecule has 0 aliphatic heterocycles. The SMILES string of the molecule is Cc1oc(C)c(C(=O)NCCNC(=O)c2ccco2)c1C. The molecule has 21 heavy (non-hydrogen) atoms. The van der Waals surface area contributed by atoms with E-state index in [0.29, 0.717) is 24.4 Å². The Morgan fingerprint density at radius 1 is 1.05 bits per heavy atom. The number of rotatable bonds is 5. The van der Waals surface area contributed by atoms with Gasteiger partial charge in [-0.05, 0) is 32.9 Å². The van der Waals surface area contributed by atoms with Crippen molar-refractivity contribution in [3.05, 3.63) is 46.8 Å². The van der Waals surface area contributed by atoms with Crippen molar-refractivity contribution in [3.63, 3.8) is 0 Å². The van der Waals surface area contributed by atoms with Crippen molar-refractivity contribution in [3.8, 4) is 0 Å². The van der Waals surface area contributed by atoms with Gasteiger partial charge in [-0.25, -0.2) is 0 Å². The predicted molar refractivity (Wildman–Crippen MR) is 76.3 cm³/mol. The number of amides is 2. The smallest absolute Gasteiger partial charge is 0.287 e. The second kappa shape index (κ2) is 6.30. The molecule has 2 aromatic rings. The van der Waals surface area contributed by atoms with E-state index >= 15 is 0 Å². The summed E-state index contributed by atoms with van der Waals surface area (Å²) in [4.78, 5) is 23.7. The zero-order valence-corrected chi connectivity index (χ0v) is 12.3. The summed E-state index contributed by atoms with van der Waals surface area (Å²) in [6, 6.07) is 3.22. The Labute approximate surface area is 122 Å². The van der Waals surface area contributed by atoms with Crippen molar-refractivity contribution in [2.45, 2.75) is 20.8 Å². The van der Waals surface area contributed by atoms with Crippen LogP contribution in [-0.2, 0) is 0 Å². The van der Waals surface area contributed by atoms with Crippen LogP contribution in [0, 0.1) is 20.8 Å². The first-order valence-corrected chi connectivity index (χ1v) is 6.67.